The van der Waals surface area contributed by atoms with E-state index in [2.05, 4.69) is 15.5 Å². The van der Waals surface area contributed by atoms with Crippen LogP contribution in [0.5, 0.6) is 0 Å². The van der Waals surface area contributed by atoms with E-state index < -0.39 is 0 Å². The lowest BCUT2D eigenvalue weighted by atomic mass is 10.2. The summed E-state index contributed by atoms with van der Waals surface area (Å²) in [5, 5.41) is 9.35. The van der Waals surface area contributed by atoms with Crippen molar-refractivity contribution in [2.75, 3.05) is 17.3 Å². The SMILES string of the molecule is CSc1ccccc1NC(=O)c1c(N)n[nH]c1C. The van der Waals surface area contributed by atoms with Crippen LogP contribution in [0, 0.1) is 6.92 Å². The number of nitrogens with one attached hydrogen (secondary N) is 2. The van der Waals surface area contributed by atoms with E-state index >= 15 is 0 Å². The number of amides is 1. The number of nitrogens with two attached hydrogens (primary N) is 1. The van der Waals surface area contributed by atoms with Gasteiger partial charge in [-0.3, -0.25) is 9.89 Å². The van der Waals surface area contributed by atoms with Crippen LogP contribution in [0.3, 0.4) is 0 Å². The topological polar surface area (TPSA) is 83.8 Å². The average Bonchev–Trinajstić information content (AvgIpc) is 2.69. The monoisotopic (exact) mass is 262 g/mol. The van der Waals surface area contributed by atoms with E-state index in [-0.39, 0.29) is 11.7 Å². The van der Waals surface area contributed by atoms with E-state index in [0.29, 0.717) is 11.3 Å². The fourth-order valence-electron chi connectivity index (χ4n) is 1.67. The number of nitrogens with zero attached hydrogens (tertiary/aromatic N) is 1. The molecule has 2 rings (SSSR count). The molecule has 0 atom stereocenters. The Labute approximate surface area is 109 Å². The number of hydrogen-bond acceptors (Lipinski definition) is 4. The van der Waals surface area contributed by atoms with Gasteiger partial charge in [0.1, 0.15) is 5.56 Å². The van der Waals surface area contributed by atoms with Gasteiger partial charge in [0.15, 0.2) is 5.82 Å². The highest BCUT2D eigenvalue weighted by Crippen LogP contribution is 2.25. The van der Waals surface area contributed by atoms with Crippen molar-refractivity contribution in [1.29, 1.82) is 0 Å². The fraction of sp³-hybridized carbons (Fsp3) is 0.167. The molecule has 5 nitrogen and oxygen atoms in total. The molecular weight excluding hydrogens is 248 g/mol. The van der Waals surface area contributed by atoms with Crippen LogP contribution in [0.15, 0.2) is 29.2 Å². The van der Waals surface area contributed by atoms with Crippen LogP contribution in [-0.2, 0) is 0 Å². The quantitative estimate of drug-likeness (QED) is 0.741. The molecule has 0 aliphatic rings. The van der Waals surface area contributed by atoms with Crippen molar-refractivity contribution in [1.82, 2.24) is 10.2 Å². The second-order valence-electron chi connectivity index (χ2n) is 3.76. The number of nitrogen functional groups attached to an aromatic ring is 1. The summed E-state index contributed by atoms with van der Waals surface area (Å²) in [6.45, 7) is 1.76. The lowest BCUT2D eigenvalue weighted by Gasteiger charge is -2.08. The van der Waals surface area contributed by atoms with Crippen molar-refractivity contribution in [2.24, 2.45) is 0 Å². The molecule has 0 radical (unpaired) electrons. The molecule has 0 bridgehead atoms. The number of rotatable bonds is 3. The summed E-state index contributed by atoms with van der Waals surface area (Å²) in [5.74, 6) is -0.0353. The van der Waals surface area contributed by atoms with Crippen molar-refractivity contribution in [3.63, 3.8) is 0 Å². The third kappa shape index (κ3) is 2.33. The first-order valence-corrected chi connectivity index (χ1v) is 6.60. The highest BCUT2D eigenvalue weighted by Gasteiger charge is 2.16. The highest BCUT2D eigenvalue weighted by molar-refractivity contribution is 7.98. The Morgan fingerprint density at radius 1 is 1.44 bits per heavy atom. The number of aromatic nitrogens is 2. The first kappa shape index (κ1) is 12.5. The first-order valence-electron chi connectivity index (χ1n) is 5.38. The van der Waals surface area contributed by atoms with Crippen LogP contribution in [0.4, 0.5) is 11.5 Å². The van der Waals surface area contributed by atoms with Crippen LogP contribution in [0.2, 0.25) is 0 Å². The minimum atomic E-state index is -0.250. The number of anilines is 2. The van der Waals surface area contributed by atoms with Crippen molar-refractivity contribution < 1.29 is 4.79 Å². The summed E-state index contributed by atoms with van der Waals surface area (Å²) < 4.78 is 0. The van der Waals surface area contributed by atoms with Gasteiger partial charge in [-0.2, -0.15) is 5.10 Å². The number of aryl methyl sites for hydroxylation is 1. The van der Waals surface area contributed by atoms with Gasteiger partial charge >= 0.3 is 0 Å². The second kappa shape index (κ2) is 5.14. The lowest BCUT2D eigenvalue weighted by molar-refractivity contribution is 0.102. The third-order valence-corrected chi connectivity index (χ3v) is 3.35. The maximum absolute atomic E-state index is 12.1. The Kier molecular flexibility index (Phi) is 3.57. The van der Waals surface area contributed by atoms with Crippen molar-refractivity contribution in [3.8, 4) is 0 Å². The Hall–Kier alpha value is -1.95. The second-order valence-corrected chi connectivity index (χ2v) is 4.61. The van der Waals surface area contributed by atoms with Gasteiger partial charge < -0.3 is 11.1 Å². The minimum absolute atomic E-state index is 0.214. The maximum Gasteiger partial charge on any atom is 0.261 e. The molecule has 94 valence electrons. The molecule has 1 aromatic heterocycles. The van der Waals surface area contributed by atoms with E-state index in [4.69, 9.17) is 5.73 Å². The van der Waals surface area contributed by atoms with Gasteiger partial charge in [0, 0.05) is 10.6 Å². The summed E-state index contributed by atoms with van der Waals surface area (Å²) in [7, 11) is 0. The summed E-state index contributed by atoms with van der Waals surface area (Å²) in [6, 6.07) is 7.61. The molecule has 0 spiro atoms. The number of para-hydroxylation sites is 1. The van der Waals surface area contributed by atoms with Gasteiger partial charge in [-0.1, -0.05) is 12.1 Å². The van der Waals surface area contributed by atoms with Crippen LogP contribution in [0.25, 0.3) is 0 Å². The molecule has 0 aliphatic heterocycles. The fourth-order valence-corrected chi connectivity index (χ4v) is 2.22. The molecule has 6 heteroatoms. The summed E-state index contributed by atoms with van der Waals surface area (Å²) in [4.78, 5) is 13.1. The molecule has 0 saturated heterocycles. The van der Waals surface area contributed by atoms with Gasteiger partial charge in [-0.25, -0.2) is 0 Å². The standard InChI is InChI=1S/C12H14N4OS/c1-7-10(11(13)16-15-7)12(17)14-8-5-3-4-6-9(8)18-2/h3-6H,1-2H3,(H,14,17)(H3,13,15,16). The molecule has 0 aliphatic carbocycles. The number of thioether (sulfide) groups is 1. The van der Waals surface area contributed by atoms with Crippen molar-refractivity contribution >= 4 is 29.2 Å². The van der Waals surface area contributed by atoms with Gasteiger partial charge in [0.2, 0.25) is 0 Å². The largest absolute Gasteiger partial charge is 0.382 e. The highest BCUT2D eigenvalue weighted by atomic mass is 32.2. The third-order valence-electron chi connectivity index (χ3n) is 2.56. The van der Waals surface area contributed by atoms with Gasteiger partial charge in [-0.05, 0) is 25.3 Å². The lowest BCUT2D eigenvalue weighted by Crippen LogP contribution is -2.14. The Balaban J connectivity index is 2.27. The Morgan fingerprint density at radius 2 is 2.17 bits per heavy atom. The molecule has 18 heavy (non-hydrogen) atoms. The van der Waals surface area contributed by atoms with Crippen molar-refractivity contribution in [3.05, 3.63) is 35.5 Å². The van der Waals surface area contributed by atoms with E-state index in [1.54, 1.807) is 18.7 Å². The van der Waals surface area contributed by atoms with E-state index in [0.717, 1.165) is 10.6 Å². The summed E-state index contributed by atoms with van der Waals surface area (Å²) >= 11 is 1.57. The summed E-state index contributed by atoms with van der Waals surface area (Å²) in [6.07, 6.45) is 1.96. The number of carbonyl (C=O) groups excluding carboxylic acids is 1. The molecule has 1 amide bonds. The molecule has 0 saturated carbocycles. The average molecular weight is 262 g/mol. The maximum atomic E-state index is 12.1. The number of hydrogen-bond donors (Lipinski definition) is 3. The number of benzene rings is 1. The van der Waals surface area contributed by atoms with Crippen LogP contribution < -0.4 is 11.1 Å². The predicted octanol–water partition coefficient (Wildman–Crippen LogP) is 2.27. The number of carbonyl (C=O) groups is 1. The predicted molar refractivity (Wildman–Crippen MR) is 73.9 cm³/mol. The van der Waals surface area contributed by atoms with Crippen LogP contribution >= 0.6 is 11.8 Å². The normalized spacial score (nSPS) is 10.3. The van der Waals surface area contributed by atoms with Crippen LogP contribution in [0.1, 0.15) is 16.1 Å². The van der Waals surface area contributed by atoms with Gasteiger partial charge in [0.25, 0.3) is 5.91 Å². The zero-order chi connectivity index (χ0) is 13.1. The zero-order valence-corrected chi connectivity index (χ0v) is 11.0. The summed E-state index contributed by atoms with van der Waals surface area (Å²) in [5.41, 5.74) is 7.48. The molecule has 0 unspecified atom stereocenters. The van der Waals surface area contributed by atoms with E-state index in [1.807, 2.05) is 30.5 Å². The molecule has 0 fully saturated rings. The number of aromatic amines is 1. The minimum Gasteiger partial charge on any atom is -0.382 e. The molecule has 2 aromatic rings. The van der Waals surface area contributed by atoms with Gasteiger partial charge in [-0.15, -0.1) is 11.8 Å². The molecular formula is C12H14N4OS. The smallest absolute Gasteiger partial charge is 0.261 e. The van der Waals surface area contributed by atoms with E-state index in [1.165, 1.54) is 0 Å². The van der Waals surface area contributed by atoms with Crippen molar-refractivity contribution in [2.45, 2.75) is 11.8 Å². The van der Waals surface area contributed by atoms with Gasteiger partial charge in [0.05, 0.1) is 5.69 Å². The molecule has 4 N–H and O–H groups in total. The molecule has 1 aromatic carbocycles. The Morgan fingerprint density at radius 3 is 2.78 bits per heavy atom. The number of H-pyrrole nitrogens is 1. The first-order chi connectivity index (χ1) is 8.63. The zero-order valence-electron chi connectivity index (χ0n) is 10.2. The van der Waals surface area contributed by atoms with Crippen LogP contribution in [-0.4, -0.2) is 22.4 Å². The molecule has 1 heterocycles. The van der Waals surface area contributed by atoms with E-state index in [9.17, 15) is 4.79 Å². The Bertz CT molecular complexity index is 560.